The molecule has 0 amide bonds. The van der Waals surface area contributed by atoms with Crippen LogP contribution in [0.5, 0.6) is 0 Å². The Morgan fingerprint density at radius 2 is 1.88 bits per heavy atom. The van der Waals surface area contributed by atoms with E-state index in [0.717, 1.165) is 36.1 Å². The lowest BCUT2D eigenvalue weighted by Gasteiger charge is -2.68. The molecule has 1 heterocycles. The lowest BCUT2D eigenvalue weighted by molar-refractivity contribution is -0.315. The molecule has 2 saturated carbocycles. The maximum absolute atomic E-state index is 13.0. The Morgan fingerprint density at radius 1 is 1.15 bits per heavy atom. The first-order valence-corrected chi connectivity index (χ1v) is 12.5. The summed E-state index contributed by atoms with van der Waals surface area (Å²) in [6.45, 7) is 8.34. The van der Waals surface area contributed by atoms with E-state index in [1.54, 1.807) is 12.3 Å². The molecule has 7 atom stereocenters. The van der Waals surface area contributed by atoms with Crippen LogP contribution in [-0.2, 0) is 16.0 Å². The monoisotopic (exact) mass is 464 g/mol. The maximum atomic E-state index is 13.0. The van der Waals surface area contributed by atoms with Crippen molar-refractivity contribution in [3.05, 3.63) is 65.6 Å². The van der Waals surface area contributed by atoms with Gasteiger partial charge in [0.2, 0.25) is 0 Å². The number of hydrogen-bond donors (Lipinski definition) is 2. The smallest absolute Gasteiger partial charge is 0.331 e. The van der Waals surface area contributed by atoms with Crippen molar-refractivity contribution in [1.29, 1.82) is 0 Å². The van der Waals surface area contributed by atoms with Crippen molar-refractivity contribution in [2.45, 2.75) is 77.1 Å². The summed E-state index contributed by atoms with van der Waals surface area (Å²) in [5.74, 6) is 0.329. The van der Waals surface area contributed by atoms with Gasteiger partial charge in [0.1, 0.15) is 11.4 Å². The van der Waals surface area contributed by atoms with Crippen LogP contribution in [0.25, 0.3) is 6.08 Å². The number of aliphatic hydroxyl groups is 2. The van der Waals surface area contributed by atoms with Gasteiger partial charge in [-0.15, -0.1) is 0 Å². The number of ether oxygens (including phenoxy) is 1. The van der Waals surface area contributed by atoms with Crippen LogP contribution in [0, 0.1) is 22.7 Å². The Morgan fingerprint density at radius 3 is 2.62 bits per heavy atom. The molecule has 3 aliphatic rings. The van der Waals surface area contributed by atoms with E-state index in [4.69, 9.17) is 9.15 Å². The van der Waals surface area contributed by atoms with Crippen molar-refractivity contribution in [3.8, 4) is 0 Å². The molecule has 2 N–H and O–H groups in total. The second-order valence-electron chi connectivity index (χ2n) is 11.5. The van der Waals surface area contributed by atoms with Crippen LogP contribution in [0.2, 0.25) is 0 Å². The third-order valence-electron chi connectivity index (χ3n) is 9.51. The van der Waals surface area contributed by atoms with Crippen LogP contribution >= 0.6 is 0 Å². The number of fused-ring (bicyclic) bond motifs is 4. The number of aliphatic hydroxyl groups excluding tert-OH is 1. The zero-order valence-electron chi connectivity index (χ0n) is 20.5. The van der Waals surface area contributed by atoms with Crippen molar-refractivity contribution >= 4 is 12.0 Å². The topological polar surface area (TPSA) is 79.9 Å². The number of hydrogen-bond acceptors (Lipinski definition) is 5. The largest absolute Gasteiger partial charge is 0.469 e. The molecule has 34 heavy (non-hydrogen) atoms. The average molecular weight is 465 g/mol. The van der Waals surface area contributed by atoms with E-state index < -0.39 is 34.6 Å². The number of carbonyl (C=O) groups is 1. The van der Waals surface area contributed by atoms with Gasteiger partial charge < -0.3 is 19.4 Å². The Balaban J connectivity index is 1.55. The van der Waals surface area contributed by atoms with Crippen molar-refractivity contribution in [2.75, 3.05) is 0 Å². The van der Waals surface area contributed by atoms with Crippen LogP contribution in [0.15, 0.2) is 53.2 Å². The van der Waals surface area contributed by atoms with E-state index in [0.29, 0.717) is 6.42 Å². The fraction of sp³-hybridized carbons (Fsp3) is 0.552. The highest BCUT2D eigenvalue weighted by atomic mass is 16.6. The van der Waals surface area contributed by atoms with Gasteiger partial charge >= 0.3 is 5.97 Å². The zero-order valence-corrected chi connectivity index (χ0v) is 20.5. The quantitative estimate of drug-likeness (QED) is 0.487. The number of furan rings is 1. The predicted octanol–water partition coefficient (Wildman–Crippen LogP) is 5.12. The number of esters is 1. The SMILES string of the molecule is C[C@H]1c2ccoc2C[C@H]2[C@@H]1[C@@H](O)[C@@H](OC(=O)C=Cc1ccccc1)[C@@]1(O)C(C)(C)CCC[C@]21C. The fourth-order valence-corrected chi connectivity index (χ4v) is 7.72. The molecule has 3 aliphatic carbocycles. The van der Waals surface area contributed by atoms with Gasteiger partial charge in [0.05, 0.1) is 12.4 Å². The summed E-state index contributed by atoms with van der Waals surface area (Å²) in [6.07, 6.45) is 6.11. The maximum Gasteiger partial charge on any atom is 0.331 e. The van der Waals surface area contributed by atoms with E-state index in [1.165, 1.54) is 6.08 Å². The molecule has 2 aromatic rings. The van der Waals surface area contributed by atoms with Gasteiger partial charge in [0, 0.05) is 17.9 Å². The lowest BCUT2D eigenvalue weighted by Crippen LogP contribution is -2.76. The van der Waals surface area contributed by atoms with E-state index in [2.05, 4.69) is 13.8 Å². The zero-order chi connectivity index (χ0) is 24.3. The molecule has 1 aromatic carbocycles. The molecule has 182 valence electrons. The van der Waals surface area contributed by atoms with Crippen LogP contribution in [-0.4, -0.2) is 34.0 Å². The Labute approximate surface area is 201 Å². The third kappa shape index (κ3) is 3.24. The van der Waals surface area contributed by atoms with Gasteiger partial charge in [-0.1, -0.05) is 64.4 Å². The first kappa shape index (κ1) is 23.4. The predicted molar refractivity (Wildman–Crippen MR) is 130 cm³/mol. The molecule has 1 aromatic heterocycles. The van der Waals surface area contributed by atoms with Crippen molar-refractivity contribution in [2.24, 2.45) is 22.7 Å². The Hall–Kier alpha value is -2.37. The minimum atomic E-state index is -1.38. The molecule has 0 aliphatic heterocycles. The van der Waals surface area contributed by atoms with E-state index >= 15 is 0 Å². The minimum absolute atomic E-state index is 0.0236. The highest BCUT2D eigenvalue weighted by Crippen LogP contribution is 2.67. The molecular weight excluding hydrogens is 428 g/mol. The summed E-state index contributed by atoms with van der Waals surface area (Å²) in [7, 11) is 0. The van der Waals surface area contributed by atoms with Crippen molar-refractivity contribution in [3.63, 3.8) is 0 Å². The van der Waals surface area contributed by atoms with E-state index in [1.807, 2.05) is 50.2 Å². The minimum Gasteiger partial charge on any atom is -0.469 e. The van der Waals surface area contributed by atoms with E-state index in [-0.39, 0.29) is 17.8 Å². The highest BCUT2D eigenvalue weighted by molar-refractivity contribution is 5.87. The molecule has 0 saturated heterocycles. The molecule has 5 heteroatoms. The van der Waals surface area contributed by atoms with Crippen LogP contribution in [0.4, 0.5) is 0 Å². The molecule has 0 unspecified atom stereocenters. The number of rotatable bonds is 3. The lowest BCUT2D eigenvalue weighted by atomic mass is 9.40. The Bertz CT molecular complexity index is 1080. The van der Waals surface area contributed by atoms with E-state index in [9.17, 15) is 15.0 Å². The molecular formula is C29H36O5. The molecule has 0 bridgehead atoms. The summed E-state index contributed by atoms with van der Waals surface area (Å²) >= 11 is 0. The number of benzene rings is 1. The fourth-order valence-electron chi connectivity index (χ4n) is 7.72. The van der Waals surface area contributed by atoms with Crippen molar-refractivity contribution < 1.29 is 24.2 Å². The second kappa shape index (κ2) is 8.10. The van der Waals surface area contributed by atoms with Crippen LogP contribution in [0.1, 0.15) is 69.8 Å². The molecule has 0 radical (unpaired) electrons. The Kier molecular flexibility index (Phi) is 5.57. The number of carbonyl (C=O) groups excluding carboxylic acids is 1. The van der Waals surface area contributed by atoms with Gasteiger partial charge in [-0.2, -0.15) is 0 Å². The van der Waals surface area contributed by atoms with Crippen molar-refractivity contribution in [1.82, 2.24) is 0 Å². The first-order valence-electron chi connectivity index (χ1n) is 12.5. The van der Waals surface area contributed by atoms with Crippen LogP contribution in [0.3, 0.4) is 0 Å². The van der Waals surface area contributed by atoms with Gasteiger partial charge in [-0.05, 0) is 59.3 Å². The van der Waals surface area contributed by atoms with Gasteiger partial charge in [-0.25, -0.2) is 4.79 Å². The van der Waals surface area contributed by atoms with Gasteiger partial charge in [0.15, 0.2) is 6.10 Å². The summed E-state index contributed by atoms with van der Waals surface area (Å²) in [5.41, 5.74) is -0.450. The second-order valence-corrected chi connectivity index (χ2v) is 11.5. The van der Waals surface area contributed by atoms with Gasteiger partial charge in [-0.3, -0.25) is 0 Å². The average Bonchev–Trinajstić information content (AvgIpc) is 3.28. The molecule has 2 fully saturated rings. The summed E-state index contributed by atoms with van der Waals surface area (Å²) in [4.78, 5) is 13.0. The summed E-state index contributed by atoms with van der Waals surface area (Å²) in [5, 5.41) is 24.4. The van der Waals surface area contributed by atoms with Crippen LogP contribution < -0.4 is 0 Å². The highest BCUT2D eigenvalue weighted by Gasteiger charge is 2.73. The molecule has 5 nitrogen and oxygen atoms in total. The first-order chi connectivity index (χ1) is 16.1. The van der Waals surface area contributed by atoms with Gasteiger partial charge in [0.25, 0.3) is 0 Å². The summed E-state index contributed by atoms with van der Waals surface area (Å²) < 4.78 is 11.8. The normalized spacial score (nSPS) is 38.6. The standard InChI is InChI=1S/C29H36O5/c1-18-20-13-16-33-22(20)17-21-24(18)25(31)26(29(32)27(2,3)14-8-15-28(21,29)4)34-23(30)12-11-19-9-6-5-7-10-19/h5-7,9-13,16,18,21,24-26,31-32H,8,14-15,17H2,1-4H3/t18-,21-,24+,25+,26+,28+,29+/m0/s1. The summed E-state index contributed by atoms with van der Waals surface area (Å²) in [6, 6.07) is 11.5. The molecule has 0 spiro atoms. The molecule has 5 rings (SSSR count). The third-order valence-corrected chi connectivity index (χ3v) is 9.51.